The molecule has 0 spiro atoms. The van der Waals surface area contributed by atoms with Gasteiger partial charge >= 0.3 is 0 Å². The van der Waals surface area contributed by atoms with Crippen molar-refractivity contribution in [2.24, 2.45) is 5.41 Å². The smallest absolute Gasteiger partial charge is 0.285 e. The van der Waals surface area contributed by atoms with Crippen molar-refractivity contribution >= 4 is 27.5 Å². The van der Waals surface area contributed by atoms with Gasteiger partial charge in [0.1, 0.15) is 16.9 Å². The minimum absolute atomic E-state index is 0.0712. The second-order valence-electron chi connectivity index (χ2n) is 6.88. The Morgan fingerprint density at radius 3 is 2.17 bits per heavy atom. The summed E-state index contributed by atoms with van der Waals surface area (Å²) in [6.45, 7) is 8.11. The summed E-state index contributed by atoms with van der Waals surface area (Å²) in [6.07, 6.45) is 0.0866. The number of benzene rings is 1. The molecule has 0 fully saturated rings. The molecule has 0 saturated heterocycles. The summed E-state index contributed by atoms with van der Waals surface area (Å²) in [5, 5.41) is 21.4. The highest BCUT2D eigenvalue weighted by Gasteiger charge is 2.65. The number of allylic oxidation sites excluding steroid dienone is 1. The second-order valence-corrected chi connectivity index (χ2v) is 7.68. The Kier molecular flexibility index (Phi) is 3.52. The SMILES string of the molecule is CC1=C(C)C(=O)[C@@]2(O)Oc3c(C)c(C)c(O)c(Br)c3C[C@@]2(C)C1=O. The molecular weight excluding hydrogens is 376 g/mol. The van der Waals surface area contributed by atoms with E-state index in [0.29, 0.717) is 32.5 Å². The lowest BCUT2D eigenvalue weighted by Crippen LogP contribution is -2.66. The summed E-state index contributed by atoms with van der Waals surface area (Å²) >= 11 is 3.35. The van der Waals surface area contributed by atoms with Gasteiger partial charge in [0.25, 0.3) is 5.79 Å². The second kappa shape index (κ2) is 4.92. The van der Waals surface area contributed by atoms with Gasteiger partial charge in [-0.2, -0.15) is 0 Å². The molecule has 0 saturated carbocycles. The highest BCUT2D eigenvalue weighted by Crippen LogP contribution is 2.54. The molecule has 2 atom stereocenters. The number of halogens is 1. The maximum absolute atomic E-state index is 12.9. The zero-order valence-corrected chi connectivity index (χ0v) is 15.8. The van der Waals surface area contributed by atoms with E-state index in [1.54, 1.807) is 20.8 Å². The molecule has 6 heteroatoms. The Labute approximate surface area is 148 Å². The highest BCUT2D eigenvalue weighted by molar-refractivity contribution is 9.10. The van der Waals surface area contributed by atoms with E-state index in [1.165, 1.54) is 13.8 Å². The van der Waals surface area contributed by atoms with Crippen LogP contribution in [-0.4, -0.2) is 27.6 Å². The molecule has 1 aliphatic heterocycles. The molecule has 128 valence electrons. The van der Waals surface area contributed by atoms with E-state index in [9.17, 15) is 19.8 Å². The molecule has 2 N–H and O–H groups in total. The average molecular weight is 395 g/mol. The molecule has 0 bridgehead atoms. The van der Waals surface area contributed by atoms with Gasteiger partial charge < -0.3 is 14.9 Å². The molecule has 3 rings (SSSR count). The highest BCUT2D eigenvalue weighted by atomic mass is 79.9. The predicted octanol–water partition coefficient (Wildman–Crippen LogP) is 2.89. The van der Waals surface area contributed by atoms with Gasteiger partial charge in [0, 0.05) is 11.1 Å². The molecule has 1 aliphatic carbocycles. The van der Waals surface area contributed by atoms with Crippen molar-refractivity contribution in [1.29, 1.82) is 0 Å². The molecule has 0 unspecified atom stereocenters. The lowest BCUT2D eigenvalue weighted by atomic mass is 9.63. The van der Waals surface area contributed by atoms with Crippen molar-refractivity contribution in [3.8, 4) is 11.5 Å². The maximum Gasteiger partial charge on any atom is 0.285 e. The van der Waals surface area contributed by atoms with Crippen molar-refractivity contribution in [3.05, 3.63) is 32.3 Å². The monoisotopic (exact) mass is 394 g/mol. The molecule has 0 amide bonds. The van der Waals surface area contributed by atoms with Crippen LogP contribution in [-0.2, 0) is 16.0 Å². The Bertz CT molecular complexity index is 785. The number of aromatic hydroxyl groups is 1. The molecule has 0 radical (unpaired) electrons. The largest absolute Gasteiger partial charge is 0.506 e. The normalized spacial score (nSPS) is 29.3. The van der Waals surface area contributed by atoms with Crippen LogP contribution in [0.3, 0.4) is 0 Å². The third kappa shape index (κ3) is 1.78. The van der Waals surface area contributed by atoms with Gasteiger partial charge in [-0.15, -0.1) is 0 Å². The summed E-state index contributed by atoms with van der Waals surface area (Å²) in [6, 6.07) is 0. The number of fused-ring (bicyclic) bond motifs is 2. The van der Waals surface area contributed by atoms with E-state index in [1.807, 2.05) is 0 Å². The number of phenols is 1. The summed E-state index contributed by atoms with van der Waals surface area (Å²) in [7, 11) is 0. The lowest BCUT2D eigenvalue weighted by Gasteiger charge is -2.49. The topological polar surface area (TPSA) is 83.8 Å². The standard InChI is InChI=1S/C18H19BrO5/c1-7-8(2)14-11(12(19)13(7)20)6-17(5)15(21)9(3)10(4)16(22)18(17,23)24-14/h20,23H,6H2,1-5H3/t17-,18+/m0/s1. The van der Waals surface area contributed by atoms with Crippen LogP contribution in [0.25, 0.3) is 0 Å². The molecule has 1 aromatic rings. The van der Waals surface area contributed by atoms with Crippen molar-refractivity contribution in [2.45, 2.75) is 46.8 Å². The average Bonchev–Trinajstić information content (AvgIpc) is 2.56. The fraction of sp³-hybridized carbons (Fsp3) is 0.444. The summed E-state index contributed by atoms with van der Waals surface area (Å²) < 4.78 is 6.21. The zero-order chi connectivity index (χ0) is 18.2. The van der Waals surface area contributed by atoms with Crippen molar-refractivity contribution in [1.82, 2.24) is 0 Å². The van der Waals surface area contributed by atoms with Crippen molar-refractivity contribution in [2.75, 3.05) is 0 Å². The van der Waals surface area contributed by atoms with E-state index in [0.717, 1.165) is 0 Å². The van der Waals surface area contributed by atoms with Crippen molar-refractivity contribution < 1.29 is 24.5 Å². The number of aliphatic hydroxyl groups is 1. The van der Waals surface area contributed by atoms with E-state index >= 15 is 0 Å². The van der Waals surface area contributed by atoms with Crippen molar-refractivity contribution in [3.63, 3.8) is 0 Å². The van der Waals surface area contributed by atoms with Crippen LogP contribution in [0.2, 0.25) is 0 Å². The van der Waals surface area contributed by atoms with Crippen LogP contribution < -0.4 is 4.74 Å². The Morgan fingerprint density at radius 1 is 1.04 bits per heavy atom. The molecule has 1 aromatic carbocycles. The van der Waals surface area contributed by atoms with Gasteiger partial charge in [0.2, 0.25) is 5.78 Å². The van der Waals surface area contributed by atoms with Gasteiger partial charge in [-0.1, -0.05) is 0 Å². The minimum atomic E-state index is -2.24. The van der Waals surface area contributed by atoms with E-state index in [2.05, 4.69) is 15.9 Å². The lowest BCUT2D eigenvalue weighted by molar-refractivity contribution is -0.217. The third-order valence-corrected chi connectivity index (χ3v) is 6.44. The number of rotatable bonds is 0. The number of carbonyl (C=O) groups is 2. The summed E-state index contributed by atoms with van der Waals surface area (Å²) in [5.41, 5.74) is 0.906. The molecule has 24 heavy (non-hydrogen) atoms. The molecule has 2 aliphatic rings. The molecular formula is C18H19BrO5. The van der Waals surface area contributed by atoms with Gasteiger partial charge in [0.15, 0.2) is 5.78 Å². The number of hydrogen-bond donors (Lipinski definition) is 2. The van der Waals surface area contributed by atoms with Crippen LogP contribution in [0.5, 0.6) is 11.5 Å². The van der Waals surface area contributed by atoms with Gasteiger partial charge in [-0.3, -0.25) is 9.59 Å². The van der Waals surface area contributed by atoms with E-state index in [4.69, 9.17) is 4.74 Å². The predicted molar refractivity (Wildman–Crippen MR) is 91.1 cm³/mol. The number of carbonyl (C=O) groups excluding carboxylic acids is 2. The Hall–Kier alpha value is -1.66. The summed E-state index contributed by atoms with van der Waals surface area (Å²) in [5.74, 6) is -2.74. The number of Topliss-reactive ketones (excluding diaryl/α,β-unsaturated/α-hetero) is 2. The fourth-order valence-electron chi connectivity index (χ4n) is 3.55. The first-order chi connectivity index (χ1) is 11.0. The minimum Gasteiger partial charge on any atom is -0.506 e. The number of hydrogen-bond acceptors (Lipinski definition) is 5. The maximum atomic E-state index is 12.9. The molecule has 1 heterocycles. The van der Waals surface area contributed by atoms with Crippen LogP contribution in [0.15, 0.2) is 15.6 Å². The molecule has 5 nitrogen and oxygen atoms in total. The van der Waals surface area contributed by atoms with E-state index < -0.39 is 17.0 Å². The number of ether oxygens (including phenoxy) is 1. The first kappa shape index (κ1) is 17.2. The number of ketones is 2. The van der Waals surface area contributed by atoms with Gasteiger partial charge in [0.05, 0.1) is 4.47 Å². The zero-order valence-electron chi connectivity index (χ0n) is 14.2. The molecule has 0 aromatic heterocycles. The van der Waals surface area contributed by atoms with Crippen LogP contribution >= 0.6 is 15.9 Å². The van der Waals surface area contributed by atoms with Gasteiger partial charge in [-0.05, 0) is 73.7 Å². The third-order valence-electron chi connectivity index (χ3n) is 5.59. The first-order valence-electron chi connectivity index (χ1n) is 7.66. The van der Waals surface area contributed by atoms with Crippen LogP contribution in [0.4, 0.5) is 0 Å². The Balaban J connectivity index is 2.34. The van der Waals surface area contributed by atoms with Crippen LogP contribution in [0.1, 0.15) is 37.5 Å². The van der Waals surface area contributed by atoms with E-state index in [-0.39, 0.29) is 23.5 Å². The van der Waals surface area contributed by atoms with Crippen LogP contribution in [0, 0.1) is 19.3 Å². The quantitative estimate of drug-likeness (QED) is 0.706. The van der Waals surface area contributed by atoms with Gasteiger partial charge in [-0.25, -0.2) is 0 Å². The fourth-order valence-corrected chi connectivity index (χ4v) is 4.17. The number of phenolic OH excluding ortho intramolecular Hbond substituents is 1. The summed E-state index contributed by atoms with van der Waals surface area (Å²) in [4.78, 5) is 25.6. The Morgan fingerprint density at radius 2 is 1.58 bits per heavy atom. The first-order valence-corrected chi connectivity index (χ1v) is 8.45.